The van der Waals surface area contributed by atoms with Gasteiger partial charge in [-0.3, -0.25) is 4.68 Å². The number of anilines is 1. The highest BCUT2D eigenvalue weighted by Gasteiger charge is 2.61. The number of methoxy groups -OCH3 is 1. The molecule has 1 heterocycles. The highest BCUT2D eigenvalue weighted by molar-refractivity contribution is 5.33. The average Bonchev–Trinajstić information content (AvgIpc) is 2.57. The normalized spacial score (nSPS) is 24.3. The van der Waals surface area contributed by atoms with E-state index in [9.17, 15) is 22.0 Å². The molecule has 0 bridgehead atoms. The van der Waals surface area contributed by atoms with Crippen molar-refractivity contribution in [2.75, 3.05) is 12.8 Å². The number of rotatable bonds is 3. The Labute approximate surface area is 105 Å². The van der Waals surface area contributed by atoms with E-state index in [2.05, 4.69) is 5.10 Å². The molecule has 0 atom stereocenters. The zero-order chi connectivity index (χ0) is 14.4. The third-order valence-corrected chi connectivity index (χ3v) is 3.18. The Morgan fingerprint density at radius 2 is 1.89 bits per heavy atom. The standard InChI is InChI=1S/C10H12F5N3O/c1-19-6-2-5(3-6)18-7(4-8(16)17-18)9(11,12)10(13,14)15/h4-6H,2-3H2,1H3,(H2,16,17)/t5-,6+. The van der Waals surface area contributed by atoms with Crippen LogP contribution in [0.5, 0.6) is 0 Å². The second-order valence-corrected chi connectivity index (χ2v) is 4.45. The maximum Gasteiger partial charge on any atom is 0.459 e. The molecule has 0 unspecified atom stereocenters. The van der Waals surface area contributed by atoms with Crippen molar-refractivity contribution in [3.8, 4) is 0 Å². The highest BCUT2D eigenvalue weighted by Crippen LogP contribution is 2.46. The zero-order valence-corrected chi connectivity index (χ0v) is 9.92. The molecule has 0 radical (unpaired) electrons. The summed E-state index contributed by atoms with van der Waals surface area (Å²) >= 11 is 0. The lowest BCUT2D eigenvalue weighted by Crippen LogP contribution is -2.40. The number of nitrogen functional groups attached to an aromatic ring is 1. The number of hydrogen-bond acceptors (Lipinski definition) is 3. The maximum absolute atomic E-state index is 13.4. The molecule has 1 aliphatic carbocycles. The Morgan fingerprint density at radius 1 is 1.32 bits per heavy atom. The molecule has 1 aliphatic rings. The van der Waals surface area contributed by atoms with E-state index in [1.807, 2.05) is 0 Å². The van der Waals surface area contributed by atoms with Gasteiger partial charge in [-0.1, -0.05) is 0 Å². The predicted octanol–water partition coefficient (Wildman–Crippen LogP) is 2.47. The first kappa shape index (κ1) is 14.0. The fourth-order valence-corrected chi connectivity index (χ4v) is 2.00. The molecule has 1 aromatic rings. The summed E-state index contributed by atoms with van der Waals surface area (Å²) in [4.78, 5) is 0. The molecule has 0 saturated heterocycles. The van der Waals surface area contributed by atoms with Crippen molar-refractivity contribution < 1.29 is 26.7 Å². The topological polar surface area (TPSA) is 53.1 Å². The van der Waals surface area contributed by atoms with E-state index in [0.717, 1.165) is 0 Å². The molecular weight excluding hydrogens is 273 g/mol. The Morgan fingerprint density at radius 3 is 2.37 bits per heavy atom. The van der Waals surface area contributed by atoms with Crippen LogP contribution >= 0.6 is 0 Å². The van der Waals surface area contributed by atoms with Gasteiger partial charge in [-0.05, 0) is 12.8 Å². The molecule has 2 rings (SSSR count). The summed E-state index contributed by atoms with van der Waals surface area (Å²) < 4.78 is 69.5. The van der Waals surface area contributed by atoms with Gasteiger partial charge in [0.25, 0.3) is 0 Å². The van der Waals surface area contributed by atoms with Gasteiger partial charge in [0.1, 0.15) is 11.5 Å². The third-order valence-electron chi connectivity index (χ3n) is 3.18. The van der Waals surface area contributed by atoms with Crippen molar-refractivity contribution in [3.05, 3.63) is 11.8 Å². The van der Waals surface area contributed by atoms with Crippen LogP contribution in [0.4, 0.5) is 27.8 Å². The fourth-order valence-electron chi connectivity index (χ4n) is 2.00. The molecule has 0 aromatic carbocycles. The van der Waals surface area contributed by atoms with Gasteiger partial charge in [0.05, 0.1) is 12.1 Å². The molecule has 4 nitrogen and oxygen atoms in total. The van der Waals surface area contributed by atoms with Crippen LogP contribution in [-0.2, 0) is 10.7 Å². The molecule has 1 aromatic heterocycles. The van der Waals surface area contributed by atoms with E-state index in [1.54, 1.807) is 0 Å². The largest absolute Gasteiger partial charge is 0.459 e. The van der Waals surface area contributed by atoms with Crippen molar-refractivity contribution in [2.24, 2.45) is 0 Å². The minimum atomic E-state index is -5.68. The van der Waals surface area contributed by atoms with Gasteiger partial charge in [-0.15, -0.1) is 0 Å². The monoisotopic (exact) mass is 285 g/mol. The van der Waals surface area contributed by atoms with Crippen molar-refractivity contribution >= 4 is 5.82 Å². The van der Waals surface area contributed by atoms with Crippen LogP contribution in [0.3, 0.4) is 0 Å². The van der Waals surface area contributed by atoms with E-state index in [-0.39, 0.29) is 11.9 Å². The predicted molar refractivity (Wildman–Crippen MR) is 55.7 cm³/mol. The molecule has 2 N–H and O–H groups in total. The smallest absolute Gasteiger partial charge is 0.382 e. The lowest BCUT2D eigenvalue weighted by Gasteiger charge is -2.36. The maximum atomic E-state index is 13.4. The molecule has 0 spiro atoms. The minimum absolute atomic E-state index is 0.150. The number of hydrogen-bond donors (Lipinski definition) is 1. The Balaban J connectivity index is 2.32. The van der Waals surface area contributed by atoms with Crippen molar-refractivity contribution in [2.45, 2.75) is 37.1 Å². The van der Waals surface area contributed by atoms with Gasteiger partial charge >= 0.3 is 12.1 Å². The van der Waals surface area contributed by atoms with E-state index < -0.39 is 23.8 Å². The molecule has 0 aliphatic heterocycles. The average molecular weight is 285 g/mol. The number of aromatic nitrogens is 2. The van der Waals surface area contributed by atoms with Crippen molar-refractivity contribution in [1.29, 1.82) is 0 Å². The van der Waals surface area contributed by atoms with E-state index in [4.69, 9.17) is 10.5 Å². The number of ether oxygens (including phenoxy) is 1. The summed E-state index contributed by atoms with van der Waals surface area (Å²) in [6.45, 7) is 0. The molecular formula is C10H12F5N3O. The molecule has 9 heteroatoms. The van der Waals surface area contributed by atoms with Crippen molar-refractivity contribution in [1.82, 2.24) is 9.78 Å². The third kappa shape index (κ3) is 2.26. The van der Waals surface area contributed by atoms with Crippen LogP contribution in [-0.4, -0.2) is 29.2 Å². The summed E-state index contributed by atoms with van der Waals surface area (Å²) in [5, 5.41) is 3.54. The zero-order valence-electron chi connectivity index (χ0n) is 9.92. The highest BCUT2D eigenvalue weighted by atomic mass is 19.4. The second-order valence-electron chi connectivity index (χ2n) is 4.45. The molecule has 1 saturated carbocycles. The van der Waals surface area contributed by atoms with E-state index in [1.165, 1.54) is 7.11 Å². The van der Waals surface area contributed by atoms with Gasteiger partial charge in [0.15, 0.2) is 0 Å². The van der Waals surface area contributed by atoms with Crippen LogP contribution in [0.25, 0.3) is 0 Å². The van der Waals surface area contributed by atoms with Gasteiger partial charge in [-0.25, -0.2) is 0 Å². The van der Waals surface area contributed by atoms with E-state index >= 15 is 0 Å². The van der Waals surface area contributed by atoms with Crippen LogP contribution in [0.2, 0.25) is 0 Å². The summed E-state index contributed by atoms with van der Waals surface area (Å²) in [5.41, 5.74) is 4.01. The van der Waals surface area contributed by atoms with Crippen LogP contribution in [0, 0.1) is 0 Å². The fraction of sp³-hybridized carbons (Fsp3) is 0.700. The number of alkyl halides is 5. The van der Waals surface area contributed by atoms with Crippen LogP contribution < -0.4 is 5.73 Å². The van der Waals surface area contributed by atoms with Crippen molar-refractivity contribution in [3.63, 3.8) is 0 Å². The lowest BCUT2D eigenvalue weighted by molar-refractivity contribution is -0.292. The molecule has 108 valence electrons. The summed E-state index contributed by atoms with van der Waals surface area (Å²) in [6, 6.07) is 0.0126. The number of halogens is 5. The molecule has 0 amide bonds. The summed E-state index contributed by atoms with van der Waals surface area (Å²) in [5.74, 6) is -5.34. The minimum Gasteiger partial charge on any atom is -0.382 e. The summed E-state index contributed by atoms with van der Waals surface area (Å²) in [7, 11) is 1.45. The Kier molecular flexibility index (Phi) is 3.20. The van der Waals surface area contributed by atoms with E-state index in [0.29, 0.717) is 23.6 Å². The van der Waals surface area contributed by atoms with Gasteiger partial charge in [0, 0.05) is 13.2 Å². The van der Waals surface area contributed by atoms with Gasteiger partial charge in [-0.2, -0.15) is 27.1 Å². The first-order chi connectivity index (χ1) is 8.66. The first-order valence-electron chi connectivity index (χ1n) is 5.49. The number of nitrogens with two attached hydrogens (primary N) is 1. The SMILES string of the molecule is CO[C@H]1C[C@@H](n2nc(N)cc2C(F)(F)C(F)(F)F)C1. The van der Waals surface area contributed by atoms with Gasteiger partial charge < -0.3 is 10.5 Å². The Hall–Kier alpha value is -1.38. The summed E-state index contributed by atoms with van der Waals surface area (Å²) in [6.07, 6.45) is -5.17. The lowest BCUT2D eigenvalue weighted by atomic mass is 9.89. The number of nitrogens with zero attached hydrogens (tertiary/aromatic N) is 2. The molecule has 1 fully saturated rings. The quantitative estimate of drug-likeness (QED) is 0.868. The Bertz CT molecular complexity index is 464. The first-order valence-corrected chi connectivity index (χ1v) is 5.49. The second kappa shape index (κ2) is 4.32. The molecule has 19 heavy (non-hydrogen) atoms. The van der Waals surface area contributed by atoms with Crippen LogP contribution in [0.15, 0.2) is 6.07 Å². The van der Waals surface area contributed by atoms with Gasteiger partial charge in [0.2, 0.25) is 0 Å². The van der Waals surface area contributed by atoms with Crippen LogP contribution in [0.1, 0.15) is 24.6 Å².